The van der Waals surface area contributed by atoms with Crippen molar-refractivity contribution in [2.24, 2.45) is 0 Å². The maximum atomic E-state index is 12.0. The molecule has 0 amide bonds. The summed E-state index contributed by atoms with van der Waals surface area (Å²) in [5.74, 6) is 0.705. The van der Waals surface area contributed by atoms with Crippen molar-refractivity contribution < 1.29 is 4.79 Å². The zero-order valence-corrected chi connectivity index (χ0v) is 10.8. The molecule has 1 N–H and O–H groups in total. The molecule has 1 aliphatic heterocycles. The van der Waals surface area contributed by atoms with Crippen molar-refractivity contribution in [3.05, 3.63) is 53.5 Å². The van der Waals surface area contributed by atoms with Gasteiger partial charge in [0.2, 0.25) is 5.95 Å². The van der Waals surface area contributed by atoms with Gasteiger partial charge >= 0.3 is 0 Å². The monoisotopic (exact) mass is 254 g/mol. The Morgan fingerprint density at radius 2 is 2.05 bits per heavy atom. The van der Waals surface area contributed by atoms with Crippen molar-refractivity contribution in [3.8, 4) is 0 Å². The van der Waals surface area contributed by atoms with Gasteiger partial charge in [-0.1, -0.05) is 30.3 Å². The first-order valence-corrected chi connectivity index (χ1v) is 6.11. The Morgan fingerprint density at radius 3 is 2.74 bits per heavy atom. The summed E-state index contributed by atoms with van der Waals surface area (Å²) in [7, 11) is 0. The van der Waals surface area contributed by atoms with Gasteiger partial charge in [0.05, 0.1) is 0 Å². The van der Waals surface area contributed by atoms with E-state index in [4.69, 9.17) is 0 Å². The average Bonchev–Trinajstić information content (AvgIpc) is 2.85. The fourth-order valence-corrected chi connectivity index (χ4v) is 2.49. The van der Waals surface area contributed by atoms with Crippen molar-refractivity contribution in [3.63, 3.8) is 0 Å². The second-order valence-corrected chi connectivity index (χ2v) is 4.56. The van der Waals surface area contributed by atoms with E-state index in [0.29, 0.717) is 5.95 Å². The molecule has 1 aliphatic rings. The molecule has 1 atom stereocenters. The molecule has 0 unspecified atom stereocenters. The number of carbonyl (C=O) groups excluding carboxylic acids is 1. The first-order valence-electron chi connectivity index (χ1n) is 6.11. The number of fused-ring (bicyclic) bond motifs is 1. The zero-order valence-electron chi connectivity index (χ0n) is 10.8. The first-order chi connectivity index (χ1) is 9.18. The number of Topliss-reactive ketones (excluding diaryl/α,β-unsaturated/α-hetero) is 1. The number of hydrogen-bond acceptors (Lipinski definition) is 4. The molecule has 96 valence electrons. The van der Waals surface area contributed by atoms with E-state index in [-0.39, 0.29) is 11.8 Å². The van der Waals surface area contributed by atoms with Gasteiger partial charge in [-0.05, 0) is 19.4 Å². The summed E-state index contributed by atoms with van der Waals surface area (Å²) < 4.78 is 1.75. The van der Waals surface area contributed by atoms with Crippen molar-refractivity contribution in [2.75, 3.05) is 5.32 Å². The lowest BCUT2D eigenvalue weighted by atomic mass is 9.93. The van der Waals surface area contributed by atoms with Gasteiger partial charge in [-0.3, -0.25) is 4.79 Å². The maximum absolute atomic E-state index is 12.0. The Balaban J connectivity index is 2.21. The molecular weight excluding hydrogens is 240 g/mol. The van der Waals surface area contributed by atoms with Crippen LogP contribution in [0.1, 0.15) is 25.5 Å². The number of allylic oxidation sites excluding steroid dienone is 2. The molecule has 0 aliphatic carbocycles. The van der Waals surface area contributed by atoms with E-state index in [1.807, 2.05) is 37.3 Å². The lowest BCUT2D eigenvalue weighted by Crippen LogP contribution is -2.27. The summed E-state index contributed by atoms with van der Waals surface area (Å²) >= 11 is 0. The molecule has 5 nitrogen and oxygen atoms in total. The van der Waals surface area contributed by atoms with E-state index in [2.05, 4.69) is 15.4 Å². The fourth-order valence-electron chi connectivity index (χ4n) is 2.49. The van der Waals surface area contributed by atoms with Crippen LogP contribution in [0, 0.1) is 0 Å². The molecular formula is C14H14N4O. The minimum Gasteiger partial charge on any atom is -0.328 e. The number of nitrogens with zero attached hydrogens (tertiary/aromatic N) is 3. The third kappa shape index (κ3) is 1.83. The Hall–Kier alpha value is -2.43. The largest absolute Gasteiger partial charge is 0.328 e. The molecule has 0 radical (unpaired) electrons. The number of hydrogen-bond donors (Lipinski definition) is 1. The molecule has 0 fully saturated rings. The highest BCUT2D eigenvalue weighted by Gasteiger charge is 2.31. The van der Waals surface area contributed by atoms with Gasteiger partial charge in [0.15, 0.2) is 5.78 Å². The molecule has 5 heteroatoms. The molecule has 0 bridgehead atoms. The number of carbonyl (C=O) groups is 1. The topological polar surface area (TPSA) is 59.8 Å². The molecule has 0 saturated carbocycles. The smallest absolute Gasteiger partial charge is 0.226 e. The van der Waals surface area contributed by atoms with Crippen LogP contribution in [0.3, 0.4) is 0 Å². The van der Waals surface area contributed by atoms with Gasteiger partial charge in [-0.25, -0.2) is 4.68 Å². The lowest BCUT2D eigenvalue weighted by Gasteiger charge is -2.28. The van der Waals surface area contributed by atoms with Crippen LogP contribution in [0.15, 0.2) is 47.9 Å². The van der Waals surface area contributed by atoms with Crippen LogP contribution in [0.2, 0.25) is 0 Å². The van der Waals surface area contributed by atoms with Crippen LogP contribution in [-0.4, -0.2) is 20.5 Å². The van der Waals surface area contributed by atoms with Gasteiger partial charge in [0.1, 0.15) is 12.4 Å². The highest BCUT2D eigenvalue weighted by molar-refractivity contribution is 5.96. The number of aromatic nitrogens is 3. The summed E-state index contributed by atoms with van der Waals surface area (Å²) in [6, 6.07) is 9.66. The van der Waals surface area contributed by atoms with Gasteiger partial charge in [-0.15, -0.1) is 0 Å². The molecule has 2 heterocycles. The predicted molar refractivity (Wildman–Crippen MR) is 71.6 cm³/mol. The van der Waals surface area contributed by atoms with Crippen LogP contribution < -0.4 is 5.32 Å². The van der Waals surface area contributed by atoms with E-state index < -0.39 is 0 Å². The van der Waals surface area contributed by atoms with Gasteiger partial charge in [-0.2, -0.15) is 10.1 Å². The molecule has 2 aromatic rings. The first kappa shape index (κ1) is 11.6. The van der Waals surface area contributed by atoms with Crippen molar-refractivity contribution >= 4 is 11.7 Å². The third-order valence-corrected chi connectivity index (χ3v) is 3.29. The van der Waals surface area contributed by atoms with E-state index in [0.717, 1.165) is 16.8 Å². The van der Waals surface area contributed by atoms with Crippen LogP contribution >= 0.6 is 0 Å². The van der Waals surface area contributed by atoms with Crippen molar-refractivity contribution in [1.82, 2.24) is 14.8 Å². The number of anilines is 1. The molecule has 1 aromatic heterocycles. The average molecular weight is 254 g/mol. The normalized spacial score (nSPS) is 17.9. The summed E-state index contributed by atoms with van der Waals surface area (Å²) in [5.41, 5.74) is 2.59. The number of benzene rings is 1. The summed E-state index contributed by atoms with van der Waals surface area (Å²) in [6.45, 7) is 3.48. The minimum absolute atomic E-state index is 0.0417. The zero-order chi connectivity index (χ0) is 13.4. The quantitative estimate of drug-likeness (QED) is 0.892. The Kier molecular flexibility index (Phi) is 2.67. The molecule has 19 heavy (non-hydrogen) atoms. The van der Waals surface area contributed by atoms with Crippen LogP contribution in [-0.2, 0) is 4.79 Å². The van der Waals surface area contributed by atoms with Crippen LogP contribution in [0.25, 0.3) is 0 Å². The second-order valence-electron chi connectivity index (χ2n) is 4.56. The number of ketones is 1. The standard InChI is InChI=1S/C14H14N4O/c1-9-12(10(2)19)13(11-6-4-3-5-7-11)18-14(17-9)15-8-16-18/h3-8,13H,1-2H3,(H,15,16,17)/t13-/m0/s1. The van der Waals surface area contributed by atoms with E-state index in [1.54, 1.807) is 11.6 Å². The van der Waals surface area contributed by atoms with Gasteiger partial charge in [0, 0.05) is 11.3 Å². The predicted octanol–water partition coefficient (Wildman–Crippen LogP) is 2.16. The Labute approximate surface area is 111 Å². The third-order valence-electron chi connectivity index (χ3n) is 3.29. The van der Waals surface area contributed by atoms with E-state index in [1.165, 1.54) is 6.33 Å². The second kappa shape index (κ2) is 4.35. The molecule has 0 saturated heterocycles. The molecule has 1 aromatic carbocycles. The highest BCUT2D eigenvalue weighted by Crippen LogP contribution is 2.34. The minimum atomic E-state index is -0.211. The van der Waals surface area contributed by atoms with Crippen LogP contribution in [0.5, 0.6) is 0 Å². The molecule has 3 rings (SSSR count). The van der Waals surface area contributed by atoms with Gasteiger partial charge in [0.25, 0.3) is 0 Å². The van der Waals surface area contributed by atoms with Crippen molar-refractivity contribution in [1.29, 1.82) is 0 Å². The SMILES string of the molecule is CC(=O)C1=C(C)Nc2ncnn2[C@H]1c1ccccc1. The summed E-state index contributed by atoms with van der Waals surface area (Å²) in [6.07, 6.45) is 1.49. The fraction of sp³-hybridized carbons (Fsp3) is 0.214. The number of nitrogens with one attached hydrogen (secondary N) is 1. The Morgan fingerprint density at radius 1 is 1.32 bits per heavy atom. The van der Waals surface area contributed by atoms with E-state index >= 15 is 0 Å². The number of rotatable bonds is 2. The summed E-state index contributed by atoms with van der Waals surface area (Å²) in [5, 5.41) is 7.36. The van der Waals surface area contributed by atoms with Gasteiger partial charge < -0.3 is 5.32 Å². The van der Waals surface area contributed by atoms with E-state index in [9.17, 15) is 4.79 Å². The lowest BCUT2D eigenvalue weighted by molar-refractivity contribution is -0.114. The Bertz CT molecular complexity index is 657. The van der Waals surface area contributed by atoms with Crippen LogP contribution in [0.4, 0.5) is 5.95 Å². The van der Waals surface area contributed by atoms with Crippen molar-refractivity contribution in [2.45, 2.75) is 19.9 Å². The molecule has 0 spiro atoms. The maximum Gasteiger partial charge on any atom is 0.226 e. The highest BCUT2D eigenvalue weighted by atomic mass is 16.1. The summed E-state index contributed by atoms with van der Waals surface area (Å²) in [4.78, 5) is 16.1.